The van der Waals surface area contributed by atoms with Gasteiger partial charge in [-0.25, -0.2) is 0 Å². The second-order valence-electron chi connectivity index (χ2n) is 7.67. The van der Waals surface area contributed by atoms with Crippen LogP contribution >= 0.6 is 11.3 Å². The lowest BCUT2D eigenvalue weighted by atomic mass is 10.1. The zero-order chi connectivity index (χ0) is 20.9. The maximum Gasteiger partial charge on any atom is 0.251 e. The SMILES string of the molecule is CC(C)(C)NC(=O)c1ccc(NC(=O)CCCc2nc(-c3cccs3)no2)cc1. The van der Waals surface area contributed by atoms with Crippen molar-refractivity contribution in [3.8, 4) is 10.7 Å². The zero-order valence-electron chi connectivity index (χ0n) is 16.7. The molecule has 7 nitrogen and oxygen atoms in total. The first kappa shape index (κ1) is 20.7. The van der Waals surface area contributed by atoms with Gasteiger partial charge in [0.2, 0.25) is 17.6 Å². The van der Waals surface area contributed by atoms with E-state index < -0.39 is 0 Å². The van der Waals surface area contributed by atoms with Crippen molar-refractivity contribution in [2.24, 2.45) is 0 Å². The predicted octanol–water partition coefficient (Wildman–Crippen LogP) is 4.29. The molecule has 1 aromatic carbocycles. The standard InChI is InChI=1S/C21H24N4O3S/c1-21(2,3)24-20(27)14-9-11-15(12-10-14)22-17(26)7-4-8-18-23-19(25-28-18)16-6-5-13-29-16/h5-6,9-13H,4,7-8H2,1-3H3,(H,22,26)(H,24,27). The molecule has 29 heavy (non-hydrogen) atoms. The second kappa shape index (κ2) is 9.00. The fourth-order valence-electron chi connectivity index (χ4n) is 2.60. The first-order valence-electron chi connectivity index (χ1n) is 9.39. The number of nitrogens with zero attached hydrogens (tertiary/aromatic N) is 2. The van der Waals surface area contributed by atoms with Gasteiger partial charge in [0.1, 0.15) is 0 Å². The number of carbonyl (C=O) groups excluding carboxylic acids is 2. The van der Waals surface area contributed by atoms with Gasteiger partial charge in [-0.05, 0) is 62.9 Å². The summed E-state index contributed by atoms with van der Waals surface area (Å²) in [6.45, 7) is 5.78. The highest BCUT2D eigenvalue weighted by molar-refractivity contribution is 7.13. The molecular weight excluding hydrogens is 388 g/mol. The average Bonchev–Trinajstić information content (AvgIpc) is 3.32. The number of anilines is 1. The molecule has 0 spiro atoms. The van der Waals surface area contributed by atoms with Crippen molar-refractivity contribution in [1.82, 2.24) is 15.5 Å². The van der Waals surface area contributed by atoms with Crippen molar-refractivity contribution in [3.63, 3.8) is 0 Å². The van der Waals surface area contributed by atoms with Crippen LogP contribution < -0.4 is 10.6 Å². The largest absolute Gasteiger partial charge is 0.347 e. The van der Waals surface area contributed by atoms with Gasteiger partial charge in [0.25, 0.3) is 5.91 Å². The zero-order valence-corrected chi connectivity index (χ0v) is 17.5. The van der Waals surface area contributed by atoms with Crippen LogP contribution in [0.25, 0.3) is 10.7 Å². The quantitative estimate of drug-likeness (QED) is 0.603. The van der Waals surface area contributed by atoms with Crippen LogP contribution in [0.15, 0.2) is 46.3 Å². The van der Waals surface area contributed by atoms with Gasteiger partial charge in [0.05, 0.1) is 4.88 Å². The summed E-state index contributed by atoms with van der Waals surface area (Å²) >= 11 is 1.55. The number of aryl methyl sites for hydroxylation is 1. The fourth-order valence-corrected chi connectivity index (χ4v) is 3.25. The van der Waals surface area contributed by atoms with Crippen LogP contribution in [0.3, 0.4) is 0 Å². The van der Waals surface area contributed by atoms with Crippen molar-refractivity contribution in [1.29, 1.82) is 0 Å². The van der Waals surface area contributed by atoms with Crippen molar-refractivity contribution < 1.29 is 14.1 Å². The van der Waals surface area contributed by atoms with E-state index in [9.17, 15) is 9.59 Å². The predicted molar refractivity (Wildman–Crippen MR) is 113 cm³/mol. The number of thiophene rings is 1. The van der Waals surface area contributed by atoms with E-state index in [-0.39, 0.29) is 17.4 Å². The van der Waals surface area contributed by atoms with Gasteiger partial charge >= 0.3 is 0 Å². The van der Waals surface area contributed by atoms with Gasteiger partial charge in [-0.15, -0.1) is 11.3 Å². The first-order chi connectivity index (χ1) is 13.8. The van der Waals surface area contributed by atoms with E-state index in [0.29, 0.717) is 42.2 Å². The summed E-state index contributed by atoms with van der Waals surface area (Å²) in [6.07, 6.45) is 1.48. The summed E-state index contributed by atoms with van der Waals surface area (Å²) < 4.78 is 5.23. The van der Waals surface area contributed by atoms with E-state index in [4.69, 9.17) is 4.52 Å². The molecule has 0 aliphatic carbocycles. The molecule has 0 unspecified atom stereocenters. The van der Waals surface area contributed by atoms with E-state index in [1.807, 2.05) is 38.3 Å². The van der Waals surface area contributed by atoms with Crippen LogP contribution in [0.1, 0.15) is 49.9 Å². The van der Waals surface area contributed by atoms with Crippen LogP contribution in [-0.4, -0.2) is 27.5 Å². The number of benzene rings is 1. The lowest BCUT2D eigenvalue weighted by Crippen LogP contribution is -2.40. The van der Waals surface area contributed by atoms with Gasteiger partial charge in [0.15, 0.2) is 0 Å². The normalized spacial score (nSPS) is 11.3. The summed E-state index contributed by atoms with van der Waals surface area (Å²) in [5.74, 6) is 0.859. The van der Waals surface area contributed by atoms with E-state index >= 15 is 0 Å². The topological polar surface area (TPSA) is 97.1 Å². The number of nitrogens with one attached hydrogen (secondary N) is 2. The van der Waals surface area contributed by atoms with E-state index in [2.05, 4.69) is 20.8 Å². The molecule has 0 atom stereocenters. The maximum absolute atomic E-state index is 12.1. The Hall–Kier alpha value is -3.00. The molecule has 2 heterocycles. The van der Waals surface area contributed by atoms with Gasteiger partial charge in [-0.2, -0.15) is 4.98 Å². The Balaban J connectivity index is 1.44. The molecule has 0 saturated heterocycles. The minimum absolute atomic E-state index is 0.102. The number of hydrogen-bond acceptors (Lipinski definition) is 6. The summed E-state index contributed by atoms with van der Waals surface area (Å²) in [5.41, 5.74) is 0.906. The molecule has 0 radical (unpaired) electrons. The Morgan fingerprint density at radius 1 is 1.14 bits per heavy atom. The molecule has 2 amide bonds. The Kier molecular flexibility index (Phi) is 6.43. The fraction of sp³-hybridized carbons (Fsp3) is 0.333. The van der Waals surface area contributed by atoms with Crippen molar-refractivity contribution in [3.05, 3.63) is 53.2 Å². The third kappa shape index (κ3) is 6.25. The van der Waals surface area contributed by atoms with Crippen LogP contribution in [0.4, 0.5) is 5.69 Å². The monoisotopic (exact) mass is 412 g/mol. The smallest absolute Gasteiger partial charge is 0.251 e. The van der Waals surface area contributed by atoms with Crippen LogP contribution in [0.5, 0.6) is 0 Å². The molecule has 8 heteroatoms. The van der Waals surface area contributed by atoms with Gasteiger partial charge in [-0.1, -0.05) is 11.2 Å². The van der Waals surface area contributed by atoms with Crippen molar-refractivity contribution in [2.75, 3.05) is 5.32 Å². The lowest BCUT2D eigenvalue weighted by Gasteiger charge is -2.20. The average molecular weight is 413 g/mol. The third-order valence-electron chi connectivity index (χ3n) is 3.92. The Morgan fingerprint density at radius 3 is 2.55 bits per heavy atom. The highest BCUT2D eigenvalue weighted by Gasteiger charge is 2.15. The second-order valence-corrected chi connectivity index (χ2v) is 8.62. The molecule has 0 aliphatic rings. The third-order valence-corrected chi connectivity index (χ3v) is 4.79. The Bertz CT molecular complexity index is 957. The number of hydrogen-bond donors (Lipinski definition) is 2. The van der Waals surface area contributed by atoms with Crippen LogP contribution in [-0.2, 0) is 11.2 Å². The number of carbonyl (C=O) groups is 2. The summed E-state index contributed by atoms with van der Waals surface area (Å²) in [5, 5.41) is 11.7. The minimum atomic E-state index is -0.299. The molecule has 0 bridgehead atoms. The molecular formula is C21H24N4O3S. The van der Waals surface area contributed by atoms with Gasteiger partial charge in [0, 0.05) is 29.6 Å². The lowest BCUT2D eigenvalue weighted by molar-refractivity contribution is -0.116. The Labute approximate surface area is 173 Å². The number of amides is 2. The van der Waals surface area contributed by atoms with Crippen molar-refractivity contribution >= 4 is 28.8 Å². The van der Waals surface area contributed by atoms with Gasteiger partial charge in [-0.3, -0.25) is 9.59 Å². The molecule has 3 rings (SSSR count). The van der Waals surface area contributed by atoms with Crippen LogP contribution in [0.2, 0.25) is 0 Å². The molecule has 2 aromatic heterocycles. The van der Waals surface area contributed by atoms with E-state index in [0.717, 1.165) is 4.88 Å². The number of aromatic nitrogens is 2. The Morgan fingerprint density at radius 2 is 1.90 bits per heavy atom. The van der Waals surface area contributed by atoms with Crippen molar-refractivity contribution in [2.45, 2.75) is 45.6 Å². The maximum atomic E-state index is 12.1. The van der Waals surface area contributed by atoms with E-state index in [1.54, 1.807) is 35.6 Å². The van der Waals surface area contributed by atoms with Crippen LogP contribution in [0, 0.1) is 0 Å². The number of rotatable bonds is 7. The highest BCUT2D eigenvalue weighted by Crippen LogP contribution is 2.21. The molecule has 0 aliphatic heterocycles. The molecule has 0 saturated carbocycles. The van der Waals surface area contributed by atoms with Gasteiger partial charge < -0.3 is 15.2 Å². The highest BCUT2D eigenvalue weighted by atomic mass is 32.1. The first-order valence-corrected chi connectivity index (χ1v) is 10.3. The van der Waals surface area contributed by atoms with E-state index in [1.165, 1.54) is 0 Å². The minimum Gasteiger partial charge on any atom is -0.347 e. The molecule has 0 fully saturated rings. The summed E-state index contributed by atoms with van der Waals surface area (Å²) in [6, 6.07) is 10.7. The summed E-state index contributed by atoms with van der Waals surface area (Å²) in [7, 11) is 0. The molecule has 2 N–H and O–H groups in total. The molecule has 152 valence electrons. The summed E-state index contributed by atoms with van der Waals surface area (Å²) in [4.78, 5) is 29.6. The molecule has 3 aromatic rings.